The Bertz CT molecular complexity index is 782. The monoisotopic (exact) mass is 376 g/mol. The SMILES string of the molecule is CCOC(=O)CN(C(=O)COC(=O)c1ccnc(Cl)c1)c1ccccc1. The summed E-state index contributed by atoms with van der Waals surface area (Å²) < 4.78 is 9.91. The second-order valence-corrected chi connectivity index (χ2v) is 5.45. The molecule has 2 aromatic rings. The summed E-state index contributed by atoms with van der Waals surface area (Å²) in [5.74, 6) is -1.83. The molecule has 2 rings (SSSR count). The summed E-state index contributed by atoms with van der Waals surface area (Å²) in [6, 6.07) is 11.3. The summed E-state index contributed by atoms with van der Waals surface area (Å²) in [5, 5.41) is 0.138. The number of para-hydroxylation sites is 1. The lowest BCUT2D eigenvalue weighted by molar-refractivity contribution is -0.142. The van der Waals surface area contributed by atoms with E-state index in [9.17, 15) is 14.4 Å². The first-order valence-corrected chi connectivity index (χ1v) is 8.18. The van der Waals surface area contributed by atoms with Gasteiger partial charge in [-0.1, -0.05) is 29.8 Å². The number of carbonyl (C=O) groups is 3. The van der Waals surface area contributed by atoms with Gasteiger partial charge in [-0.3, -0.25) is 14.5 Å². The Morgan fingerprint density at radius 3 is 2.50 bits per heavy atom. The van der Waals surface area contributed by atoms with Gasteiger partial charge < -0.3 is 9.47 Å². The third kappa shape index (κ3) is 5.56. The Hall–Kier alpha value is -2.93. The maximum atomic E-state index is 12.5. The molecule has 0 bridgehead atoms. The van der Waals surface area contributed by atoms with E-state index in [0.717, 1.165) is 0 Å². The van der Waals surface area contributed by atoms with Crippen LogP contribution in [0.2, 0.25) is 5.15 Å². The molecular weight excluding hydrogens is 360 g/mol. The van der Waals surface area contributed by atoms with E-state index in [1.807, 2.05) is 0 Å². The largest absolute Gasteiger partial charge is 0.465 e. The van der Waals surface area contributed by atoms with Crippen LogP contribution in [0.1, 0.15) is 17.3 Å². The van der Waals surface area contributed by atoms with Gasteiger partial charge in [-0.05, 0) is 31.2 Å². The van der Waals surface area contributed by atoms with Crippen molar-refractivity contribution >= 4 is 35.1 Å². The molecule has 1 amide bonds. The van der Waals surface area contributed by atoms with Gasteiger partial charge in [0.15, 0.2) is 6.61 Å². The van der Waals surface area contributed by atoms with Crippen molar-refractivity contribution in [2.45, 2.75) is 6.92 Å². The molecule has 0 saturated carbocycles. The predicted octanol–water partition coefficient (Wildman–Crippen LogP) is 2.49. The second-order valence-electron chi connectivity index (χ2n) is 5.06. The summed E-state index contributed by atoms with van der Waals surface area (Å²) in [5.41, 5.74) is 0.669. The van der Waals surface area contributed by atoms with Crippen molar-refractivity contribution in [2.24, 2.45) is 0 Å². The van der Waals surface area contributed by atoms with E-state index < -0.39 is 24.5 Å². The van der Waals surface area contributed by atoms with Gasteiger partial charge in [-0.25, -0.2) is 9.78 Å². The molecule has 1 heterocycles. The lowest BCUT2D eigenvalue weighted by Crippen LogP contribution is -2.39. The van der Waals surface area contributed by atoms with Crippen LogP contribution < -0.4 is 4.90 Å². The Labute approximate surface area is 155 Å². The number of esters is 2. The summed E-state index contributed by atoms with van der Waals surface area (Å²) in [6.45, 7) is 1.06. The van der Waals surface area contributed by atoms with Gasteiger partial charge in [0.1, 0.15) is 11.7 Å². The van der Waals surface area contributed by atoms with Crippen molar-refractivity contribution in [3.63, 3.8) is 0 Å². The summed E-state index contributed by atoms with van der Waals surface area (Å²) in [4.78, 5) is 41.3. The quantitative estimate of drug-likeness (QED) is 0.545. The second kappa shape index (κ2) is 9.53. The highest BCUT2D eigenvalue weighted by Crippen LogP contribution is 2.14. The molecule has 0 fully saturated rings. The van der Waals surface area contributed by atoms with E-state index in [4.69, 9.17) is 21.1 Å². The van der Waals surface area contributed by atoms with Crippen LogP contribution in [-0.4, -0.2) is 42.6 Å². The van der Waals surface area contributed by atoms with Gasteiger partial charge in [-0.2, -0.15) is 0 Å². The molecule has 1 aromatic heterocycles. The molecule has 7 nitrogen and oxygen atoms in total. The number of pyridine rings is 1. The van der Waals surface area contributed by atoms with Crippen molar-refractivity contribution in [3.8, 4) is 0 Å². The minimum absolute atomic E-state index is 0.138. The van der Waals surface area contributed by atoms with Gasteiger partial charge in [0.25, 0.3) is 5.91 Å². The van der Waals surface area contributed by atoms with E-state index in [1.54, 1.807) is 37.3 Å². The molecular formula is C18H17ClN2O5. The number of hydrogen-bond acceptors (Lipinski definition) is 6. The first-order chi connectivity index (χ1) is 12.5. The molecule has 26 heavy (non-hydrogen) atoms. The van der Waals surface area contributed by atoms with E-state index in [0.29, 0.717) is 5.69 Å². The number of ether oxygens (including phenoxy) is 2. The Balaban J connectivity index is 2.06. The number of hydrogen-bond donors (Lipinski definition) is 0. The highest BCUT2D eigenvalue weighted by atomic mass is 35.5. The van der Waals surface area contributed by atoms with Gasteiger partial charge in [-0.15, -0.1) is 0 Å². The third-order valence-corrected chi connectivity index (χ3v) is 3.46. The number of benzene rings is 1. The third-order valence-electron chi connectivity index (χ3n) is 3.25. The van der Waals surface area contributed by atoms with Crippen molar-refractivity contribution in [1.82, 2.24) is 4.98 Å². The first-order valence-electron chi connectivity index (χ1n) is 7.81. The lowest BCUT2D eigenvalue weighted by atomic mass is 10.2. The minimum atomic E-state index is -0.716. The average Bonchev–Trinajstić information content (AvgIpc) is 2.65. The van der Waals surface area contributed by atoms with Crippen molar-refractivity contribution in [2.75, 3.05) is 24.7 Å². The summed E-state index contributed by atoms with van der Waals surface area (Å²) >= 11 is 5.72. The number of aromatic nitrogens is 1. The molecule has 0 aliphatic heterocycles. The van der Waals surface area contributed by atoms with Gasteiger partial charge in [0.2, 0.25) is 0 Å². The zero-order valence-electron chi connectivity index (χ0n) is 14.1. The molecule has 8 heteroatoms. The maximum Gasteiger partial charge on any atom is 0.338 e. The normalized spacial score (nSPS) is 10.1. The number of rotatable bonds is 7. The van der Waals surface area contributed by atoms with E-state index in [1.165, 1.54) is 23.2 Å². The van der Waals surface area contributed by atoms with Crippen LogP contribution in [0, 0.1) is 0 Å². The van der Waals surface area contributed by atoms with Gasteiger partial charge in [0.05, 0.1) is 12.2 Å². The van der Waals surface area contributed by atoms with Crippen LogP contribution in [0.4, 0.5) is 5.69 Å². The molecule has 0 N–H and O–H groups in total. The highest BCUT2D eigenvalue weighted by Gasteiger charge is 2.21. The molecule has 0 unspecified atom stereocenters. The Morgan fingerprint density at radius 2 is 1.85 bits per heavy atom. The summed E-state index contributed by atoms with van der Waals surface area (Å²) in [7, 11) is 0. The number of amides is 1. The molecule has 0 aliphatic carbocycles. The van der Waals surface area contributed by atoms with Crippen molar-refractivity contribution in [3.05, 3.63) is 59.4 Å². The molecule has 136 valence electrons. The minimum Gasteiger partial charge on any atom is -0.465 e. The van der Waals surface area contributed by atoms with Crippen molar-refractivity contribution < 1.29 is 23.9 Å². The van der Waals surface area contributed by atoms with E-state index >= 15 is 0 Å². The van der Waals surface area contributed by atoms with Crippen LogP contribution in [0.5, 0.6) is 0 Å². The zero-order chi connectivity index (χ0) is 18.9. The number of carbonyl (C=O) groups excluding carboxylic acids is 3. The predicted molar refractivity (Wildman–Crippen MR) is 95.0 cm³/mol. The van der Waals surface area contributed by atoms with Crippen LogP contribution in [0.25, 0.3) is 0 Å². The molecule has 0 atom stereocenters. The van der Waals surface area contributed by atoms with Crippen LogP contribution >= 0.6 is 11.6 Å². The molecule has 0 spiro atoms. The van der Waals surface area contributed by atoms with Gasteiger partial charge >= 0.3 is 11.9 Å². The first kappa shape index (κ1) is 19.4. The van der Waals surface area contributed by atoms with E-state index in [-0.39, 0.29) is 23.9 Å². The van der Waals surface area contributed by atoms with Crippen molar-refractivity contribution in [1.29, 1.82) is 0 Å². The maximum absolute atomic E-state index is 12.5. The zero-order valence-corrected chi connectivity index (χ0v) is 14.8. The molecule has 0 aliphatic rings. The highest BCUT2D eigenvalue weighted by molar-refractivity contribution is 6.29. The standard InChI is InChI=1S/C18H17ClN2O5/c1-2-25-17(23)11-21(14-6-4-3-5-7-14)16(22)12-26-18(24)13-8-9-20-15(19)10-13/h3-10H,2,11-12H2,1H3. The fourth-order valence-corrected chi connectivity index (χ4v) is 2.26. The molecule has 1 aromatic carbocycles. The molecule has 0 radical (unpaired) electrons. The fraction of sp³-hybridized carbons (Fsp3) is 0.222. The van der Waals surface area contributed by atoms with Crippen LogP contribution in [0.3, 0.4) is 0 Å². The fourth-order valence-electron chi connectivity index (χ4n) is 2.09. The number of halogens is 1. The Kier molecular flexibility index (Phi) is 7.11. The average molecular weight is 377 g/mol. The van der Waals surface area contributed by atoms with Gasteiger partial charge in [0, 0.05) is 11.9 Å². The Morgan fingerprint density at radius 1 is 1.12 bits per heavy atom. The van der Waals surface area contributed by atoms with E-state index in [2.05, 4.69) is 4.98 Å². The van der Waals surface area contributed by atoms with Crippen LogP contribution in [0.15, 0.2) is 48.7 Å². The summed E-state index contributed by atoms with van der Waals surface area (Å²) in [6.07, 6.45) is 1.36. The smallest absolute Gasteiger partial charge is 0.338 e. The van der Waals surface area contributed by atoms with Crippen LogP contribution in [-0.2, 0) is 19.1 Å². The number of nitrogens with zero attached hydrogens (tertiary/aromatic N) is 2. The number of anilines is 1. The lowest BCUT2D eigenvalue weighted by Gasteiger charge is -2.21. The topological polar surface area (TPSA) is 85.8 Å². The molecule has 0 saturated heterocycles.